The molecule has 0 unspecified atom stereocenters. The van der Waals surface area contributed by atoms with E-state index < -0.39 is 17.6 Å². The van der Waals surface area contributed by atoms with Gasteiger partial charge in [-0.25, -0.2) is 4.39 Å². The number of benzene rings is 1. The smallest absolute Gasteiger partial charge is 0.259 e. The number of rotatable bonds is 3. The van der Waals surface area contributed by atoms with Gasteiger partial charge in [-0.2, -0.15) is 5.10 Å². The van der Waals surface area contributed by atoms with Gasteiger partial charge in [0.05, 0.1) is 23.0 Å². The van der Waals surface area contributed by atoms with Crippen molar-refractivity contribution in [3.8, 4) is 0 Å². The van der Waals surface area contributed by atoms with Gasteiger partial charge in [0, 0.05) is 12.7 Å². The minimum absolute atomic E-state index is 0.110. The Bertz CT molecular complexity index is 723. The molecule has 2 aromatic rings. The highest BCUT2D eigenvalue weighted by Gasteiger charge is 2.18. The van der Waals surface area contributed by atoms with Crippen LogP contribution in [0.4, 0.5) is 10.1 Å². The summed E-state index contributed by atoms with van der Waals surface area (Å²) in [4.78, 5) is 12.2. The molecule has 0 atom stereocenters. The van der Waals surface area contributed by atoms with Crippen LogP contribution in [-0.4, -0.2) is 26.7 Å². The van der Waals surface area contributed by atoms with E-state index in [1.165, 1.54) is 18.3 Å². The van der Waals surface area contributed by atoms with E-state index >= 15 is 0 Å². The molecule has 0 saturated heterocycles. The minimum atomic E-state index is -0.703. The number of carbonyl (C=O) groups excluding carboxylic acids is 1. The van der Waals surface area contributed by atoms with Crippen LogP contribution < -0.4 is 11.1 Å². The lowest BCUT2D eigenvalue weighted by Crippen LogP contribution is -2.21. The molecule has 0 spiro atoms. The third-order valence-corrected chi connectivity index (χ3v) is 3.11. The maximum atomic E-state index is 13.8. The number of aromatic nitrogens is 2. The van der Waals surface area contributed by atoms with Gasteiger partial charge in [-0.05, 0) is 19.1 Å². The molecule has 4 N–H and O–H groups in total. The van der Waals surface area contributed by atoms with Gasteiger partial charge in [-0.3, -0.25) is 9.48 Å². The van der Waals surface area contributed by atoms with Crippen molar-refractivity contribution in [2.45, 2.75) is 6.92 Å². The summed E-state index contributed by atoms with van der Waals surface area (Å²) in [6.45, 7) is 1.73. The molecule has 7 nitrogen and oxygen atoms in total. The predicted octanol–water partition coefficient (Wildman–Crippen LogP) is 1.21. The van der Waals surface area contributed by atoms with E-state index in [0.717, 1.165) is 6.07 Å². The third kappa shape index (κ3) is 2.69. The van der Waals surface area contributed by atoms with Crippen LogP contribution in [0.15, 0.2) is 29.6 Å². The van der Waals surface area contributed by atoms with Gasteiger partial charge < -0.3 is 16.3 Å². The van der Waals surface area contributed by atoms with E-state index in [4.69, 9.17) is 10.9 Å². The normalized spacial score (nSPS) is 11.5. The number of amides is 1. The van der Waals surface area contributed by atoms with Crippen molar-refractivity contribution in [1.82, 2.24) is 9.78 Å². The van der Waals surface area contributed by atoms with Crippen molar-refractivity contribution < 1.29 is 14.4 Å². The highest BCUT2D eigenvalue weighted by molar-refractivity contribution is 6.10. The van der Waals surface area contributed by atoms with Gasteiger partial charge in [0.15, 0.2) is 5.84 Å². The molecule has 0 saturated carbocycles. The van der Waals surface area contributed by atoms with E-state index in [0.29, 0.717) is 11.3 Å². The average Bonchev–Trinajstić information content (AvgIpc) is 2.78. The number of hydrogen-bond donors (Lipinski definition) is 3. The van der Waals surface area contributed by atoms with Gasteiger partial charge >= 0.3 is 0 Å². The Kier molecular flexibility index (Phi) is 3.88. The number of nitrogens with zero attached hydrogens (tertiary/aromatic N) is 3. The standard InChI is InChI=1S/C13H14FN5O2/c1-7-8(6-16-19(7)2)13(20)17-10-5-3-4-9(14)11(10)12(15)18-21/h3-6,21H,1-2H3,(H2,15,18)(H,17,20). The maximum absolute atomic E-state index is 13.8. The summed E-state index contributed by atoms with van der Waals surface area (Å²) < 4.78 is 15.3. The van der Waals surface area contributed by atoms with Gasteiger partial charge in [-0.1, -0.05) is 11.2 Å². The fourth-order valence-corrected chi connectivity index (χ4v) is 1.85. The van der Waals surface area contributed by atoms with E-state index in [-0.39, 0.29) is 11.3 Å². The molecule has 0 fully saturated rings. The first-order valence-corrected chi connectivity index (χ1v) is 6.02. The summed E-state index contributed by atoms with van der Waals surface area (Å²) in [6, 6.07) is 4.02. The molecule has 0 aliphatic carbocycles. The van der Waals surface area contributed by atoms with Crippen molar-refractivity contribution in [3.05, 3.63) is 47.0 Å². The molecule has 0 aliphatic heterocycles. The number of oxime groups is 1. The van der Waals surface area contributed by atoms with E-state index in [1.807, 2.05) is 0 Å². The van der Waals surface area contributed by atoms with Crippen molar-refractivity contribution in [3.63, 3.8) is 0 Å². The summed E-state index contributed by atoms with van der Waals surface area (Å²) >= 11 is 0. The van der Waals surface area contributed by atoms with Crippen LogP contribution in [0, 0.1) is 12.7 Å². The van der Waals surface area contributed by atoms with Crippen molar-refractivity contribution in [2.24, 2.45) is 17.9 Å². The van der Waals surface area contributed by atoms with Gasteiger partial charge in [-0.15, -0.1) is 0 Å². The Morgan fingerprint density at radius 2 is 2.24 bits per heavy atom. The minimum Gasteiger partial charge on any atom is -0.409 e. The molecule has 1 aromatic carbocycles. The number of nitrogens with two attached hydrogens (primary N) is 1. The Morgan fingerprint density at radius 3 is 2.81 bits per heavy atom. The molecule has 0 bridgehead atoms. The van der Waals surface area contributed by atoms with E-state index in [1.54, 1.807) is 18.7 Å². The average molecular weight is 291 g/mol. The molecule has 0 radical (unpaired) electrons. The largest absolute Gasteiger partial charge is 0.409 e. The van der Waals surface area contributed by atoms with Crippen LogP contribution in [0.1, 0.15) is 21.6 Å². The number of nitrogens with one attached hydrogen (secondary N) is 1. The Balaban J connectivity index is 2.38. The second-order valence-electron chi connectivity index (χ2n) is 4.37. The van der Waals surface area contributed by atoms with Crippen LogP contribution in [0.2, 0.25) is 0 Å². The molecule has 0 aliphatic rings. The molecule has 8 heteroatoms. The van der Waals surface area contributed by atoms with Crippen LogP contribution in [0.3, 0.4) is 0 Å². The molecular weight excluding hydrogens is 277 g/mol. The van der Waals surface area contributed by atoms with E-state index in [2.05, 4.69) is 15.6 Å². The number of carbonyl (C=O) groups is 1. The van der Waals surface area contributed by atoms with Gasteiger partial charge in [0.1, 0.15) is 5.82 Å². The molecule has 1 aromatic heterocycles. The lowest BCUT2D eigenvalue weighted by Gasteiger charge is -2.10. The number of halogens is 1. The first-order valence-electron chi connectivity index (χ1n) is 6.02. The summed E-state index contributed by atoms with van der Waals surface area (Å²) in [7, 11) is 1.70. The first-order chi connectivity index (χ1) is 9.95. The summed E-state index contributed by atoms with van der Waals surface area (Å²) in [5.74, 6) is -1.59. The van der Waals surface area contributed by atoms with Gasteiger partial charge in [0.25, 0.3) is 5.91 Å². The van der Waals surface area contributed by atoms with Crippen molar-refractivity contribution in [1.29, 1.82) is 0 Å². The van der Waals surface area contributed by atoms with Crippen LogP contribution in [-0.2, 0) is 7.05 Å². The topological polar surface area (TPSA) is 106 Å². The summed E-state index contributed by atoms with van der Waals surface area (Å²) in [5, 5.41) is 18.0. The quantitative estimate of drug-likeness (QED) is 0.342. The second-order valence-corrected chi connectivity index (χ2v) is 4.37. The zero-order valence-electron chi connectivity index (χ0n) is 11.5. The first kappa shape index (κ1) is 14.5. The Labute approximate surface area is 119 Å². The Morgan fingerprint density at radius 1 is 1.52 bits per heavy atom. The molecule has 110 valence electrons. The predicted molar refractivity (Wildman–Crippen MR) is 74.8 cm³/mol. The van der Waals surface area contributed by atoms with Crippen LogP contribution >= 0.6 is 0 Å². The van der Waals surface area contributed by atoms with Gasteiger partial charge in [0.2, 0.25) is 0 Å². The SMILES string of the molecule is Cc1c(C(=O)Nc2cccc(F)c2/C(N)=N/O)cnn1C. The fraction of sp³-hybridized carbons (Fsp3) is 0.154. The Hall–Kier alpha value is -2.90. The van der Waals surface area contributed by atoms with Crippen molar-refractivity contribution in [2.75, 3.05) is 5.32 Å². The zero-order valence-corrected chi connectivity index (χ0v) is 11.5. The molecule has 2 rings (SSSR count). The molecular formula is C13H14FN5O2. The lowest BCUT2D eigenvalue weighted by molar-refractivity contribution is 0.102. The zero-order chi connectivity index (χ0) is 15.6. The second kappa shape index (κ2) is 5.61. The third-order valence-electron chi connectivity index (χ3n) is 3.11. The van der Waals surface area contributed by atoms with Crippen molar-refractivity contribution >= 4 is 17.4 Å². The number of amidine groups is 1. The van der Waals surface area contributed by atoms with Crippen LogP contribution in [0.5, 0.6) is 0 Å². The summed E-state index contributed by atoms with van der Waals surface area (Å²) in [6.07, 6.45) is 1.41. The number of aryl methyl sites for hydroxylation is 1. The monoisotopic (exact) mass is 291 g/mol. The number of hydrogen-bond acceptors (Lipinski definition) is 4. The maximum Gasteiger partial charge on any atom is 0.259 e. The lowest BCUT2D eigenvalue weighted by atomic mass is 10.1. The molecule has 1 amide bonds. The van der Waals surface area contributed by atoms with E-state index in [9.17, 15) is 9.18 Å². The number of anilines is 1. The highest BCUT2D eigenvalue weighted by Crippen LogP contribution is 2.20. The fourth-order valence-electron chi connectivity index (χ4n) is 1.85. The van der Waals surface area contributed by atoms with Crippen LogP contribution in [0.25, 0.3) is 0 Å². The highest BCUT2D eigenvalue weighted by atomic mass is 19.1. The molecule has 1 heterocycles. The molecule has 21 heavy (non-hydrogen) atoms. The summed E-state index contributed by atoms with van der Waals surface area (Å²) in [5.41, 5.74) is 6.39.